The summed E-state index contributed by atoms with van der Waals surface area (Å²) in [6, 6.07) is 0. The number of hydrogen-bond donors (Lipinski definition) is 1. The topological polar surface area (TPSA) is 28.2 Å². The fourth-order valence-electron chi connectivity index (χ4n) is 1.79. The van der Waals surface area contributed by atoms with Gasteiger partial charge in [-0.1, -0.05) is 0 Å². The molecule has 84 valence electrons. The van der Waals surface area contributed by atoms with E-state index in [0.29, 0.717) is 0 Å². The number of aromatic nitrogens is 1. The Hall–Kier alpha value is -0.450. The van der Waals surface area contributed by atoms with Crippen LogP contribution in [0.4, 0.5) is 0 Å². The van der Waals surface area contributed by atoms with Crippen LogP contribution in [-0.2, 0) is 6.54 Å². The number of rotatable bonds is 5. The average Bonchev–Trinajstić information content (AvgIpc) is 2.48. The molecule has 1 fully saturated rings. The first-order valence-corrected chi connectivity index (χ1v) is 6.42. The highest BCUT2D eigenvalue weighted by atomic mass is 32.1. The van der Waals surface area contributed by atoms with E-state index in [-0.39, 0.29) is 0 Å². The van der Waals surface area contributed by atoms with Crippen LogP contribution in [0, 0.1) is 12.8 Å². The first-order valence-electron chi connectivity index (χ1n) is 5.54. The van der Waals surface area contributed by atoms with Crippen molar-refractivity contribution in [3.63, 3.8) is 0 Å². The largest absolute Gasteiger partial charge is 0.316 e. The van der Waals surface area contributed by atoms with Crippen molar-refractivity contribution in [2.24, 2.45) is 5.92 Å². The second kappa shape index (κ2) is 5.05. The number of thiazole rings is 1. The van der Waals surface area contributed by atoms with Crippen LogP contribution < -0.4 is 5.32 Å². The van der Waals surface area contributed by atoms with E-state index in [1.54, 1.807) is 11.3 Å². The molecule has 0 amide bonds. The molecule has 1 aromatic heterocycles. The van der Waals surface area contributed by atoms with Crippen LogP contribution >= 0.6 is 11.3 Å². The van der Waals surface area contributed by atoms with Crippen molar-refractivity contribution in [1.29, 1.82) is 0 Å². The van der Waals surface area contributed by atoms with Gasteiger partial charge in [-0.25, -0.2) is 4.98 Å². The van der Waals surface area contributed by atoms with Crippen molar-refractivity contribution in [3.05, 3.63) is 16.1 Å². The summed E-state index contributed by atoms with van der Waals surface area (Å²) in [5, 5.41) is 6.64. The first-order chi connectivity index (χ1) is 7.24. The van der Waals surface area contributed by atoms with E-state index in [1.807, 2.05) is 0 Å². The minimum absolute atomic E-state index is 0.907. The lowest BCUT2D eigenvalue weighted by atomic mass is 9.99. The number of aryl methyl sites for hydroxylation is 1. The molecule has 1 aromatic rings. The number of nitrogens with zero attached hydrogens (tertiary/aromatic N) is 2. The molecule has 3 nitrogen and oxygen atoms in total. The van der Waals surface area contributed by atoms with Crippen LogP contribution in [-0.4, -0.2) is 36.6 Å². The fourth-order valence-corrected chi connectivity index (χ4v) is 2.40. The van der Waals surface area contributed by atoms with Crippen LogP contribution in [0.2, 0.25) is 0 Å². The molecule has 1 aliphatic heterocycles. The highest BCUT2D eigenvalue weighted by molar-refractivity contribution is 7.09. The SMILES string of the molecule is Cc1nc(CN(C)CCC2CNC2)cs1. The molecule has 0 saturated carbocycles. The summed E-state index contributed by atoms with van der Waals surface area (Å²) in [6.45, 7) is 6.66. The van der Waals surface area contributed by atoms with Gasteiger partial charge < -0.3 is 10.2 Å². The monoisotopic (exact) mass is 225 g/mol. The second-order valence-corrected chi connectivity index (χ2v) is 5.47. The maximum atomic E-state index is 4.48. The maximum absolute atomic E-state index is 4.48. The summed E-state index contributed by atoms with van der Waals surface area (Å²) < 4.78 is 0. The highest BCUT2D eigenvalue weighted by Gasteiger charge is 2.16. The van der Waals surface area contributed by atoms with Crippen LogP contribution in [0.3, 0.4) is 0 Å². The van der Waals surface area contributed by atoms with E-state index in [2.05, 4.69) is 34.6 Å². The normalized spacial score (nSPS) is 17.0. The summed E-state index contributed by atoms with van der Waals surface area (Å²) in [6.07, 6.45) is 1.31. The summed E-state index contributed by atoms with van der Waals surface area (Å²) in [7, 11) is 2.18. The van der Waals surface area contributed by atoms with Gasteiger partial charge in [0.1, 0.15) is 0 Å². The number of hydrogen-bond acceptors (Lipinski definition) is 4. The molecular formula is C11H19N3S. The van der Waals surface area contributed by atoms with Gasteiger partial charge in [0, 0.05) is 11.9 Å². The molecule has 0 bridgehead atoms. The molecule has 0 spiro atoms. The Morgan fingerprint density at radius 3 is 2.93 bits per heavy atom. The lowest BCUT2D eigenvalue weighted by Gasteiger charge is -2.28. The maximum Gasteiger partial charge on any atom is 0.0897 e. The van der Waals surface area contributed by atoms with E-state index in [4.69, 9.17) is 0 Å². The Balaban J connectivity index is 1.69. The van der Waals surface area contributed by atoms with Crippen molar-refractivity contribution in [2.75, 3.05) is 26.7 Å². The predicted molar refractivity (Wildman–Crippen MR) is 64.2 cm³/mol. The zero-order chi connectivity index (χ0) is 10.7. The molecule has 2 heterocycles. The van der Waals surface area contributed by atoms with E-state index in [1.165, 1.54) is 36.8 Å². The van der Waals surface area contributed by atoms with Crippen LogP contribution in [0.5, 0.6) is 0 Å². The van der Waals surface area contributed by atoms with Gasteiger partial charge in [-0.2, -0.15) is 0 Å². The van der Waals surface area contributed by atoms with Gasteiger partial charge in [-0.15, -0.1) is 11.3 Å². The molecule has 0 aromatic carbocycles. The quantitative estimate of drug-likeness (QED) is 0.823. The van der Waals surface area contributed by atoms with Gasteiger partial charge >= 0.3 is 0 Å². The molecule has 4 heteroatoms. The van der Waals surface area contributed by atoms with Gasteiger partial charge in [-0.3, -0.25) is 0 Å². The predicted octanol–water partition coefficient (Wildman–Crippen LogP) is 1.49. The standard InChI is InChI=1S/C11H19N3S/c1-9-13-11(8-15-9)7-14(2)4-3-10-5-12-6-10/h8,10,12H,3-7H2,1-2H3. The molecular weight excluding hydrogens is 206 g/mol. The Morgan fingerprint density at radius 2 is 2.40 bits per heavy atom. The molecule has 2 rings (SSSR count). The van der Waals surface area contributed by atoms with E-state index in [0.717, 1.165) is 12.5 Å². The van der Waals surface area contributed by atoms with Gasteiger partial charge in [-0.05, 0) is 45.9 Å². The van der Waals surface area contributed by atoms with Crippen molar-refractivity contribution in [2.45, 2.75) is 19.9 Å². The molecule has 1 saturated heterocycles. The van der Waals surface area contributed by atoms with Crippen molar-refractivity contribution < 1.29 is 0 Å². The minimum Gasteiger partial charge on any atom is -0.316 e. The lowest BCUT2D eigenvalue weighted by Crippen LogP contribution is -2.43. The summed E-state index contributed by atoms with van der Waals surface area (Å²) in [5.74, 6) is 0.907. The first kappa shape index (κ1) is 11.0. The Bertz CT molecular complexity index is 307. The van der Waals surface area contributed by atoms with Gasteiger partial charge in [0.25, 0.3) is 0 Å². The molecule has 1 aliphatic rings. The van der Waals surface area contributed by atoms with Gasteiger partial charge in [0.15, 0.2) is 0 Å². The Morgan fingerprint density at radius 1 is 1.60 bits per heavy atom. The van der Waals surface area contributed by atoms with Gasteiger partial charge in [0.05, 0.1) is 10.7 Å². The summed E-state index contributed by atoms with van der Waals surface area (Å²) in [5.41, 5.74) is 1.21. The van der Waals surface area contributed by atoms with Crippen LogP contribution in [0.1, 0.15) is 17.1 Å². The van der Waals surface area contributed by atoms with Crippen molar-refractivity contribution in [3.8, 4) is 0 Å². The Labute approximate surface area is 95.5 Å². The Kier molecular flexibility index (Phi) is 3.72. The van der Waals surface area contributed by atoms with E-state index < -0.39 is 0 Å². The second-order valence-electron chi connectivity index (χ2n) is 4.41. The zero-order valence-electron chi connectivity index (χ0n) is 9.49. The van der Waals surface area contributed by atoms with E-state index in [9.17, 15) is 0 Å². The van der Waals surface area contributed by atoms with Crippen LogP contribution in [0.15, 0.2) is 5.38 Å². The molecule has 0 aliphatic carbocycles. The minimum atomic E-state index is 0.907. The van der Waals surface area contributed by atoms with Crippen molar-refractivity contribution in [1.82, 2.24) is 15.2 Å². The third-order valence-corrected chi connectivity index (χ3v) is 3.71. The fraction of sp³-hybridized carbons (Fsp3) is 0.727. The van der Waals surface area contributed by atoms with Gasteiger partial charge in [0.2, 0.25) is 0 Å². The van der Waals surface area contributed by atoms with Crippen molar-refractivity contribution >= 4 is 11.3 Å². The summed E-state index contributed by atoms with van der Waals surface area (Å²) in [4.78, 5) is 6.84. The van der Waals surface area contributed by atoms with E-state index >= 15 is 0 Å². The molecule has 0 radical (unpaired) electrons. The third-order valence-electron chi connectivity index (χ3n) is 2.88. The third kappa shape index (κ3) is 3.26. The van der Waals surface area contributed by atoms with Crippen LogP contribution in [0.25, 0.3) is 0 Å². The highest BCUT2D eigenvalue weighted by Crippen LogP contribution is 2.12. The molecule has 0 unspecified atom stereocenters. The molecule has 1 N–H and O–H groups in total. The zero-order valence-corrected chi connectivity index (χ0v) is 10.3. The average molecular weight is 225 g/mol. The molecule has 15 heavy (non-hydrogen) atoms. The number of nitrogens with one attached hydrogen (secondary N) is 1. The smallest absolute Gasteiger partial charge is 0.0897 e. The lowest BCUT2D eigenvalue weighted by molar-refractivity contribution is 0.251. The molecule has 0 atom stereocenters. The summed E-state index contributed by atoms with van der Waals surface area (Å²) >= 11 is 1.74.